The maximum Gasteiger partial charge on any atom is 0.316 e. The van der Waals surface area contributed by atoms with Crippen molar-refractivity contribution >= 4 is 29.3 Å². The summed E-state index contributed by atoms with van der Waals surface area (Å²) in [6.45, 7) is 3.15. The van der Waals surface area contributed by atoms with Crippen molar-refractivity contribution in [3.05, 3.63) is 30.1 Å². The first-order valence-electron chi connectivity index (χ1n) is 5.35. The maximum absolute atomic E-state index is 12.7. The predicted octanol–water partition coefficient (Wildman–Crippen LogP) is 2.36. The van der Waals surface area contributed by atoms with Crippen LogP contribution < -0.4 is 5.32 Å². The van der Waals surface area contributed by atoms with Gasteiger partial charge in [0.1, 0.15) is 11.1 Å². The Bertz CT molecular complexity index is 435. The van der Waals surface area contributed by atoms with E-state index in [4.69, 9.17) is 5.11 Å². The van der Waals surface area contributed by atoms with Gasteiger partial charge in [0.05, 0.1) is 5.25 Å². The molecule has 0 radical (unpaired) electrons. The molecule has 0 spiro atoms. The molecule has 4 nitrogen and oxygen atoms in total. The van der Waals surface area contributed by atoms with E-state index in [1.807, 2.05) is 0 Å². The van der Waals surface area contributed by atoms with Crippen molar-refractivity contribution in [1.29, 1.82) is 0 Å². The number of aliphatic carboxylic acids is 1. The van der Waals surface area contributed by atoms with Gasteiger partial charge in [-0.05, 0) is 38.1 Å². The quantitative estimate of drug-likeness (QED) is 0.862. The van der Waals surface area contributed by atoms with E-state index in [1.165, 1.54) is 31.2 Å². The number of hydrogen-bond acceptors (Lipinski definition) is 3. The zero-order valence-corrected chi connectivity index (χ0v) is 10.8. The number of hydrogen-bond donors (Lipinski definition) is 2. The summed E-state index contributed by atoms with van der Waals surface area (Å²) in [6, 6.07) is 5.39. The number of halogens is 1. The van der Waals surface area contributed by atoms with Crippen molar-refractivity contribution in [2.75, 3.05) is 5.32 Å². The smallest absolute Gasteiger partial charge is 0.316 e. The minimum absolute atomic E-state index is 0.306. The second-order valence-corrected chi connectivity index (χ2v) is 5.44. The Hall–Kier alpha value is -1.56. The van der Waals surface area contributed by atoms with E-state index in [1.54, 1.807) is 6.92 Å². The van der Waals surface area contributed by atoms with E-state index >= 15 is 0 Å². The number of carboxylic acids is 1. The minimum atomic E-state index is -0.957. The van der Waals surface area contributed by atoms with Gasteiger partial charge in [0.15, 0.2) is 0 Å². The summed E-state index contributed by atoms with van der Waals surface area (Å²) >= 11 is 1.05. The van der Waals surface area contributed by atoms with Gasteiger partial charge in [-0.15, -0.1) is 11.8 Å². The first-order chi connectivity index (χ1) is 8.40. The Morgan fingerprint density at radius 1 is 1.22 bits per heavy atom. The van der Waals surface area contributed by atoms with Gasteiger partial charge in [0, 0.05) is 5.69 Å². The molecule has 0 aliphatic rings. The number of thioether (sulfide) groups is 1. The van der Waals surface area contributed by atoms with Crippen LogP contribution in [0.5, 0.6) is 0 Å². The van der Waals surface area contributed by atoms with E-state index in [0.29, 0.717) is 5.69 Å². The largest absolute Gasteiger partial charge is 0.480 e. The van der Waals surface area contributed by atoms with Crippen LogP contribution in [0.15, 0.2) is 24.3 Å². The molecule has 98 valence electrons. The van der Waals surface area contributed by atoms with E-state index in [0.717, 1.165) is 11.8 Å². The molecule has 0 saturated heterocycles. The fourth-order valence-corrected chi connectivity index (χ4v) is 2.11. The van der Waals surface area contributed by atoms with Crippen LogP contribution in [0, 0.1) is 5.82 Å². The topological polar surface area (TPSA) is 66.4 Å². The van der Waals surface area contributed by atoms with Gasteiger partial charge in [-0.1, -0.05) is 0 Å². The van der Waals surface area contributed by atoms with Crippen LogP contribution in [0.4, 0.5) is 10.1 Å². The summed E-state index contributed by atoms with van der Waals surface area (Å²) in [5.41, 5.74) is 0.483. The molecule has 0 fully saturated rings. The van der Waals surface area contributed by atoms with Crippen LogP contribution in [0.25, 0.3) is 0 Å². The lowest BCUT2D eigenvalue weighted by atomic mass is 10.3. The molecule has 0 bridgehead atoms. The van der Waals surface area contributed by atoms with Gasteiger partial charge in [0.2, 0.25) is 5.91 Å². The molecule has 1 aromatic carbocycles. The highest BCUT2D eigenvalue weighted by molar-refractivity contribution is 8.01. The first kappa shape index (κ1) is 14.5. The first-order valence-corrected chi connectivity index (χ1v) is 6.29. The fourth-order valence-electron chi connectivity index (χ4n) is 1.20. The average Bonchev–Trinajstić information content (AvgIpc) is 2.31. The number of nitrogens with one attached hydrogen (secondary N) is 1. The Kier molecular flexibility index (Phi) is 5.15. The molecular weight excluding hydrogens is 257 g/mol. The summed E-state index contributed by atoms with van der Waals surface area (Å²) < 4.78 is 12.7. The van der Waals surface area contributed by atoms with Gasteiger partial charge >= 0.3 is 5.97 Å². The number of benzene rings is 1. The Morgan fingerprint density at radius 3 is 2.28 bits per heavy atom. The number of carboxylic acid groups (broad SMARTS) is 1. The van der Waals surface area contributed by atoms with E-state index < -0.39 is 16.5 Å². The molecule has 0 aliphatic carbocycles. The van der Waals surface area contributed by atoms with Crippen LogP contribution in [-0.2, 0) is 9.59 Å². The highest BCUT2D eigenvalue weighted by Crippen LogP contribution is 2.19. The Balaban J connectivity index is 2.54. The number of rotatable bonds is 5. The molecule has 0 aromatic heterocycles. The van der Waals surface area contributed by atoms with Gasteiger partial charge in [0.25, 0.3) is 0 Å². The van der Waals surface area contributed by atoms with Crippen molar-refractivity contribution < 1.29 is 19.1 Å². The third-order valence-corrected chi connectivity index (χ3v) is 3.47. The van der Waals surface area contributed by atoms with Crippen molar-refractivity contribution in [2.24, 2.45) is 0 Å². The van der Waals surface area contributed by atoms with E-state index in [2.05, 4.69) is 5.32 Å². The average molecular weight is 271 g/mol. The second kappa shape index (κ2) is 6.39. The standard InChI is InChI=1S/C12H14FNO3S/c1-7(18-8(2)12(16)17)11(15)14-10-5-3-9(13)4-6-10/h3-8H,1-2H3,(H,14,15)(H,16,17). The number of anilines is 1. The van der Waals surface area contributed by atoms with Crippen LogP contribution in [0.1, 0.15) is 13.8 Å². The molecule has 2 unspecified atom stereocenters. The van der Waals surface area contributed by atoms with Gasteiger partial charge in [-0.25, -0.2) is 4.39 Å². The van der Waals surface area contributed by atoms with E-state index in [9.17, 15) is 14.0 Å². The molecular formula is C12H14FNO3S. The SMILES string of the molecule is CC(SC(C)C(=O)Nc1ccc(F)cc1)C(=O)O. The third kappa shape index (κ3) is 4.37. The lowest BCUT2D eigenvalue weighted by Crippen LogP contribution is -2.26. The summed E-state index contributed by atoms with van der Waals surface area (Å²) in [6.07, 6.45) is 0. The van der Waals surface area contributed by atoms with Gasteiger partial charge in [-0.3, -0.25) is 9.59 Å². The molecule has 2 N–H and O–H groups in total. The Morgan fingerprint density at radius 2 is 1.78 bits per heavy atom. The molecule has 2 atom stereocenters. The highest BCUT2D eigenvalue weighted by atomic mass is 32.2. The minimum Gasteiger partial charge on any atom is -0.480 e. The number of amides is 1. The van der Waals surface area contributed by atoms with Crippen LogP contribution in [-0.4, -0.2) is 27.5 Å². The monoisotopic (exact) mass is 271 g/mol. The summed E-state index contributed by atoms with van der Waals surface area (Å²) in [5, 5.41) is 10.2. The van der Waals surface area contributed by atoms with Crippen LogP contribution in [0.2, 0.25) is 0 Å². The molecule has 1 aromatic rings. The number of carbonyl (C=O) groups excluding carboxylic acids is 1. The fraction of sp³-hybridized carbons (Fsp3) is 0.333. The lowest BCUT2D eigenvalue weighted by molar-refractivity contribution is -0.136. The van der Waals surface area contributed by atoms with Crippen molar-refractivity contribution in [2.45, 2.75) is 24.3 Å². The van der Waals surface area contributed by atoms with Gasteiger partial charge in [-0.2, -0.15) is 0 Å². The third-order valence-electron chi connectivity index (χ3n) is 2.24. The van der Waals surface area contributed by atoms with Crippen molar-refractivity contribution in [1.82, 2.24) is 0 Å². The molecule has 0 saturated carbocycles. The Labute approximate surface area is 109 Å². The number of carbonyl (C=O) groups is 2. The zero-order chi connectivity index (χ0) is 13.7. The molecule has 18 heavy (non-hydrogen) atoms. The molecule has 1 amide bonds. The highest BCUT2D eigenvalue weighted by Gasteiger charge is 2.20. The maximum atomic E-state index is 12.7. The van der Waals surface area contributed by atoms with Crippen molar-refractivity contribution in [3.63, 3.8) is 0 Å². The van der Waals surface area contributed by atoms with E-state index in [-0.39, 0.29) is 11.7 Å². The molecule has 6 heteroatoms. The molecule has 1 rings (SSSR count). The van der Waals surface area contributed by atoms with Crippen molar-refractivity contribution in [3.8, 4) is 0 Å². The molecule has 0 aliphatic heterocycles. The van der Waals surface area contributed by atoms with Crippen LogP contribution >= 0.6 is 11.8 Å². The summed E-state index contributed by atoms with van der Waals surface area (Å²) in [7, 11) is 0. The predicted molar refractivity (Wildman–Crippen MR) is 69.2 cm³/mol. The second-order valence-electron chi connectivity index (χ2n) is 3.75. The summed E-state index contributed by atoms with van der Waals surface area (Å²) in [4.78, 5) is 22.4. The summed E-state index contributed by atoms with van der Waals surface area (Å²) in [5.74, 6) is -1.64. The van der Waals surface area contributed by atoms with Crippen LogP contribution in [0.3, 0.4) is 0 Å². The lowest BCUT2D eigenvalue weighted by Gasteiger charge is -2.14. The van der Waals surface area contributed by atoms with Gasteiger partial charge < -0.3 is 10.4 Å². The molecule has 0 heterocycles. The zero-order valence-electron chi connectivity index (χ0n) is 10.0. The normalized spacial score (nSPS) is 13.7.